The van der Waals surface area contributed by atoms with E-state index in [0.717, 1.165) is 0 Å². The van der Waals surface area contributed by atoms with Gasteiger partial charge in [0.2, 0.25) is 18.2 Å². The fraction of sp³-hybridized carbons (Fsp3) is 0.364. The van der Waals surface area contributed by atoms with E-state index in [2.05, 4.69) is 20.9 Å². The molecule has 3 atom stereocenters. The summed E-state index contributed by atoms with van der Waals surface area (Å²) in [5.41, 5.74) is -2.60. The fourth-order valence-corrected chi connectivity index (χ4v) is 4.16. The van der Waals surface area contributed by atoms with Gasteiger partial charge in [-0.3, -0.25) is 36.0 Å². The molecule has 0 spiro atoms. The summed E-state index contributed by atoms with van der Waals surface area (Å²) in [5.74, 6) is -4.13. The summed E-state index contributed by atoms with van der Waals surface area (Å²) in [6.07, 6.45) is 1.60. The van der Waals surface area contributed by atoms with Crippen LogP contribution in [0.4, 0.5) is 0 Å². The summed E-state index contributed by atoms with van der Waals surface area (Å²) in [7, 11) is 3.16. The van der Waals surface area contributed by atoms with Crippen LogP contribution in [-0.2, 0) is 14.3 Å². The minimum absolute atomic E-state index is 0.00744. The van der Waals surface area contributed by atoms with Crippen molar-refractivity contribution in [3.05, 3.63) is 71.8 Å². The summed E-state index contributed by atoms with van der Waals surface area (Å²) in [4.78, 5) is 57.7. The van der Waals surface area contributed by atoms with Gasteiger partial charge in [-0.15, -0.1) is 0 Å². The Bertz CT molecular complexity index is 1630. The second-order valence-corrected chi connectivity index (χ2v) is 12.0. The number of aliphatic hydroxyl groups is 2. The molecule has 16 heteroatoms. The van der Waals surface area contributed by atoms with Gasteiger partial charge in [0.15, 0.2) is 12.1 Å². The molecule has 49 heavy (non-hydrogen) atoms. The standard InChI is InChI=1S/C33H41N7O9/c1-32(2,19-41)25(26(43)36-18-15-24(42)38-30(34)39-31(35)40(4)5)49-28(45)20-11-6-8-13-22(20)47-27(44)21-12-7-9-14-23(21)48-29(46)33(3)16-10-17-37-33/h6-14,16-17,25,29,41,46H,15,18-19H2,1-5H3,(H,36,43)(H4,34,35,38,39,42)/t25-,29?,33-/m0/s1. The largest absolute Gasteiger partial charge is 0.461 e. The molecule has 2 aromatic rings. The van der Waals surface area contributed by atoms with Gasteiger partial charge in [-0.25, -0.2) is 9.59 Å². The zero-order chi connectivity index (χ0) is 36.4. The monoisotopic (exact) mass is 679 g/mol. The molecule has 0 aromatic heterocycles. The van der Waals surface area contributed by atoms with Crippen molar-refractivity contribution in [1.82, 2.24) is 20.9 Å². The maximum atomic E-state index is 13.4. The minimum Gasteiger partial charge on any atom is -0.461 e. The number of nitrogens with zero attached hydrogens (tertiary/aromatic N) is 2. The van der Waals surface area contributed by atoms with E-state index in [4.69, 9.17) is 25.0 Å². The number of ether oxygens (including phenoxy) is 3. The number of guanidine groups is 2. The van der Waals surface area contributed by atoms with Crippen LogP contribution in [0.1, 0.15) is 47.9 Å². The van der Waals surface area contributed by atoms with Crippen molar-refractivity contribution in [3.8, 4) is 11.5 Å². The zero-order valence-electron chi connectivity index (χ0n) is 27.8. The third-order valence-corrected chi connectivity index (χ3v) is 7.21. The molecular formula is C33H41N7O9. The minimum atomic E-state index is -1.54. The van der Waals surface area contributed by atoms with Gasteiger partial charge in [0.1, 0.15) is 28.2 Å². The van der Waals surface area contributed by atoms with Crippen molar-refractivity contribution in [2.24, 2.45) is 10.4 Å². The average molecular weight is 680 g/mol. The van der Waals surface area contributed by atoms with Crippen molar-refractivity contribution in [1.29, 1.82) is 10.8 Å². The van der Waals surface area contributed by atoms with E-state index in [9.17, 15) is 29.4 Å². The quantitative estimate of drug-likeness (QED) is 0.0522. The molecule has 0 saturated heterocycles. The highest BCUT2D eigenvalue weighted by Crippen LogP contribution is 2.30. The summed E-state index contributed by atoms with van der Waals surface area (Å²) < 4.78 is 16.8. The first-order valence-electron chi connectivity index (χ1n) is 15.1. The van der Waals surface area contributed by atoms with Crippen LogP contribution in [0.25, 0.3) is 0 Å². The Morgan fingerprint density at radius 2 is 1.59 bits per heavy atom. The molecule has 0 aliphatic carbocycles. The normalized spacial score (nSPS) is 16.1. The first-order valence-corrected chi connectivity index (χ1v) is 15.1. The third kappa shape index (κ3) is 10.2. The van der Waals surface area contributed by atoms with Gasteiger partial charge in [0, 0.05) is 38.7 Å². The number of allylic oxidation sites excluding steroid dienone is 1. The molecule has 1 unspecified atom stereocenters. The lowest BCUT2D eigenvalue weighted by atomic mass is 9.86. The van der Waals surface area contributed by atoms with E-state index in [1.165, 1.54) is 61.4 Å². The Hall–Kier alpha value is -5.61. The van der Waals surface area contributed by atoms with Crippen LogP contribution in [0.3, 0.4) is 0 Å². The molecule has 0 fully saturated rings. The van der Waals surface area contributed by atoms with Gasteiger partial charge in [0.25, 0.3) is 5.91 Å². The van der Waals surface area contributed by atoms with Gasteiger partial charge >= 0.3 is 11.9 Å². The van der Waals surface area contributed by atoms with Gasteiger partial charge in [-0.2, -0.15) is 0 Å². The zero-order valence-corrected chi connectivity index (χ0v) is 27.8. The average Bonchev–Trinajstić information content (AvgIpc) is 3.51. The highest BCUT2D eigenvalue weighted by atomic mass is 16.6. The van der Waals surface area contributed by atoms with E-state index < -0.39 is 59.7 Å². The molecule has 2 amide bonds. The van der Waals surface area contributed by atoms with E-state index in [1.54, 1.807) is 45.3 Å². The number of carbonyl (C=O) groups excluding carboxylic acids is 4. The maximum Gasteiger partial charge on any atom is 0.347 e. The van der Waals surface area contributed by atoms with Crippen LogP contribution in [0.5, 0.6) is 11.5 Å². The highest BCUT2D eigenvalue weighted by Gasteiger charge is 2.39. The molecule has 0 radical (unpaired) electrons. The predicted molar refractivity (Wildman–Crippen MR) is 179 cm³/mol. The first-order chi connectivity index (χ1) is 23.1. The number of hydrogen-bond donors (Lipinski definition) is 7. The summed E-state index contributed by atoms with van der Waals surface area (Å²) in [6.45, 7) is 3.88. The van der Waals surface area contributed by atoms with E-state index in [0.29, 0.717) is 0 Å². The maximum absolute atomic E-state index is 13.4. The summed E-state index contributed by atoms with van der Waals surface area (Å²) >= 11 is 0. The molecular weight excluding hydrogens is 638 g/mol. The number of benzene rings is 2. The molecule has 0 saturated carbocycles. The predicted octanol–water partition coefficient (Wildman–Crippen LogP) is 1.19. The van der Waals surface area contributed by atoms with Crippen LogP contribution in [0, 0.1) is 16.2 Å². The van der Waals surface area contributed by atoms with Crippen molar-refractivity contribution >= 4 is 41.9 Å². The molecule has 16 nitrogen and oxygen atoms in total. The first kappa shape index (κ1) is 37.8. The lowest BCUT2D eigenvalue weighted by Crippen LogP contribution is -2.49. The second kappa shape index (κ2) is 16.5. The Labute approximate surface area is 283 Å². The van der Waals surface area contributed by atoms with E-state index in [1.807, 2.05) is 0 Å². The van der Waals surface area contributed by atoms with Crippen LogP contribution >= 0.6 is 0 Å². The summed E-state index contributed by atoms with van der Waals surface area (Å²) in [5, 5.41) is 43.2. The lowest BCUT2D eigenvalue weighted by molar-refractivity contribution is -0.138. The fourth-order valence-electron chi connectivity index (χ4n) is 4.16. The molecule has 1 aliphatic rings. The molecule has 3 rings (SSSR count). The van der Waals surface area contributed by atoms with Gasteiger partial charge < -0.3 is 34.6 Å². The number of para-hydroxylation sites is 2. The Balaban J connectivity index is 1.70. The van der Waals surface area contributed by atoms with E-state index >= 15 is 0 Å². The number of nitrogens with one attached hydrogen (secondary N) is 5. The number of aliphatic imine (C=N–C) groups is 1. The van der Waals surface area contributed by atoms with Crippen LogP contribution in [0.15, 0.2) is 65.7 Å². The molecule has 7 N–H and O–H groups in total. The topological polar surface area (TPSA) is 236 Å². The SMILES string of the molecule is CN(C)C(=N)NC(=N)NC(=O)CCNC(=O)[C@H](OC(=O)c1ccccc1OC(=O)c1ccccc1OC(O)[C@]1(C)C=CC=N1)C(C)(C)CO. The molecule has 1 heterocycles. The number of rotatable bonds is 13. The van der Waals surface area contributed by atoms with Gasteiger partial charge in [-0.1, -0.05) is 38.1 Å². The Morgan fingerprint density at radius 1 is 0.980 bits per heavy atom. The van der Waals surface area contributed by atoms with Crippen molar-refractivity contribution in [2.45, 2.75) is 45.1 Å². The number of carbonyl (C=O) groups is 4. The molecule has 2 aromatic carbocycles. The second-order valence-electron chi connectivity index (χ2n) is 12.0. The molecule has 1 aliphatic heterocycles. The van der Waals surface area contributed by atoms with Crippen LogP contribution in [0.2, 0.25) is 0 Å². The molecule has 262 valence electrons. The van der Waals surface area contributed by atoms with E-state index in [-0.39, 0.29) is 41.6 Å². The van der Waals surface area contributed by atoms with Crippen molar-refractivity contribution in [3.63, 3.8) is 0 Å². The summed E-state index contributed by atoms with van der Waals surface area (Å²) in [6, 6.07) is 11.7. The van der Waals surface area contributed by atoms with Crippen LogP contribution in [-0.4, -0.2) is 102 Å². The number of esters is 2. The third-order valence-electron chi connectivity index (χ3n) is 7.21. The smallest absolute Gasteiger partial charge is 0.347 e. The lowest BCUT2D eigenvalue weighted by Gasteiger charge is -2.31. The van der Waals surface area contributed by atoms with Crippen molar-refractivity contribution < 1.29 is 43.6 Å². The number of hydrogen-bond acceptors (Lipinski definition) is 12. The molecule has 0 bridgehead atoms. The number of amides is 2. The Morgan fingerprint density at radius 3 is 2.18 bits per heavy atom. The highest BCUT2D eigenvalue weighted by molar-refractivity contribution is 6.03. The van der Waals surface area contributed by atoms with Gasteiger partial charge in [0.05, 0.1) is 6.61 Å². The van der Waals surface area contributed by atoms with Gasteiger partial charge in [-0.05, 0) is 43.3 Å². The van der Waals surface area contributed by atoms with Crippen LogP contribution < -0.4 is 25.4 Å². The number of aliphatic hydroxyl groups excluding tert-OH is 2. The Kier molecular flexibility index (Phi) is 12.7. The van der Waals surface area contributed by atoms with Crippen molar-refractivity contribution in [2.75, 3.05) is 27.2 Å².